The van der Waals surface area contributed by atoms with Crippen LogP contribution in [0.2, 0.25) is 5.02 Å². The van der Waals surface area contributed by atoms with Gasteiger partial charge in [-0.15, -0.1) is 11.3 Å². The Bertz CT molecular complexity index is 1110. The van der Waals surface area contributed by atoms with Crippen LogP contribution in [0.1, 0.15) is 42.3 Å². The minimum absolute atomic E-state index is 0.186. The topological polar surface area (TPSA) is 87.0 Å². The van der Waals surface area contributed by atoms with E-state index in [4.69, 9.17) is 21.3 Å². The number of aliphatic hydroxyl groups is 1. The summed E-state index contributed by atoms with van der Waals surface area (Å²) in [5.74, 6) is -0.453. The van der Waals surface area contributed by atoms with E-state index in [0.29, 0.717) is 34.2 Å². The molecule has 5 rings (SSSR count). The van der Waals surface area contributed by atoms with Crippen LogP contribution < -0.4 is 5.32 Å². The molecule has 0 spiro atoms. The van der Waals surface area contributed by atoms with Crippen molar-refractivity contribution < 1.29 is 19.0 Å². The molecule has 0 radical (unpaired) electrons. The summed E-state index contributed by atoms with van der Waals surface area (Å²) >= 11 is 7.83. The molecule has 7 nitrogen and oxygen atoms in total. The number of carbonyl (C=O) groups excluding carboxylic acids is 1. The van der Waals surface area contributed by atoms with Crippen LogP contribution in [0.3, 0.4) is 0 Å². The van der Waals surface area contributed by atoms with Gasteiger partial charge in [0.15, 0.2) is 10.8 Å². The number of esters is 1. The van der Waals surface area contributed by atoms with Crippen LogP contribution in [0.15, 0.2) is 46.0 Å². The minimum atomic E-state index is -0.770. The number of halogens is 2. The molecule has 1 aromatic carbocycles. The number of benzene rings is 1. The lowest BCUT2D eigenvalue weighted by Gasteiger charge is -2.39. The van der Waals surface area contributed by atoms with Gasteiger partial charge in [0.05, 0.1) is 18.8 Å². The minimum Gasteiger partial charge on any atom is -0.466 e. The van der Waals surface area contributed by atoms with Crippen molar-refractivity contribution in [3.8, 4) is 0 Å². The van der Waals surface area contributed by atoms with E-state index in [1.54, 1.807) is 12.3 Å². The maximum atomic E-state index is 13.8. The lowest BCUT2D eigenvalue weighted by atomic mass is 9.94. The van der Waals surface area contributed by atoms with Crippen molar-refractivity contribution in [1.82, 2.24) is 15.2 Å². The molecule has 2 saturated heterocycles. The normalized spacial score (nSPS) is 27.3. The van der Waals surface area contributed by atoms with E-state index in [-0.39, 0.29) is 23.2 Å². The van der Waals surface area contributed by atoms with Gasteiger partial charge in [-0.25, -0.2) is 14.2 Å². The number of piperidine rings is 1. The van der Waals surface area contributed by atoms with Crippen LogP contribution in [-0.4, -0.2) is 58.6 Å². The Hall–Kier alpha value is -2.33. The number of rotatable bonds is 5. The van der Waals surface area contributed by atoms with Crippen molar-refractivity contribution in [2.24, 2.45) is 4.99 Å². The molecule has 33 heavy (non-hydrogen) atoms. The number of hydrogen-bond acceptors (Lipinski definition) is 8. The highest BCUT2D eigenvalue weighted by Gasteiger charge is 2.42. The Balaban J connectivity index is 1.60. The molecule has 1 unspecified atom stereocenters. The summed E-state index contributed by atoms with van der Waals surface area (Å²) in [5.41, 5.74) is 1.53. The van der Waals surface area contributed by atoms with Crippen LogP contribution >= 0.6 is 22.9 Å². The molecule has 1 aromatic heterocycles. The molecule has 0 amide bonds. The van der Waals surface area contributed by atoms with Crippen LogP contribution in [0.5, 0.6) is 0 Å². The molecule has 2 N–H and O–H groups in total. The maximum absolute atomic E-state index is 13.8. The van der Waals surface area contributed by atoms with Crippen molar-refractivity contribution in [3.05, 3.63) is 62.5 Å². The van der Waals surface area contributed by atoms with E-state index in [1.807, 2.05) is 5.38 Å². The van der Waals surface area contributed by atoms with E-state index in [2.05, 4.69) is 15.2 Å². The number of fused-ring (bicyclic) bond motifs is 2. The van der Waals surface area contributed by atoms with Gasteiger partial charge in [-0.1, -0.05) is 17.7 Å². The van der Waals surface area contributed by atoms with Crippen molar-refractivity contribution in [3.63, 3.8) is 0 Å². The van der Waals surface area contributed by atoms with Gasteiger partial charge in [-0.05, 0) is 37.8 Å². The average molecular weight is 491 g/mol. The van der Waals surface area contributed by atoms with Crippen LogP contribution in [-0.2, 0) is 9.53 Å². The first kappa shape index (κ1) is 22.5. The molecule has 3 aliphatic rings. The van der Waals surface area contributed by atoms with Crippen molar-refractivity contribution in [1.29, 1.82) is 0 Å². The molecule has 2 aromatic rings. The lowest BCUT2D eigenvalue weighted by molar-refractivity contribution is -0.136. The van der Waals surface area contributed by atoms with Gasteiger partial charge in [-0.3, -0.25) is 9.89 Å². The standard InChI is InChI=1S/C23H24ClFN4O3S/c1-32-23(31)19-18(11-29-13-3-4-14(29)10-15(30)9-13)27-21(22-26-6-7-33-22)28-20(19)16-5-2-12(25)8-17(16)24/h2,5-8,13-15,20,30H,3-4,9-11H2,1H3,(H,27,28)/t13-,14+,15?,20-/m0/s1. The summed E-state index contributed by atoms with van der Waals surface area (Å²) in [5, 5.41) is 16.3. The molecule has 4 heterocycles. The molecule has 2 bridgehead atoms. The van der Waals surface area contributed by atoms with Crippen molar-refractivity contribution in [2.45, 2.75) is 49.9 Å². The van der Waals surface area contributed by atoms with Gasteiger partial charge in [0.25, 0.3) is 0 Å². The van der Waals surface area contributed by atoms with E-state index < -0.39 is 17.8 Å². The van der Waals surface area contributed by atoms with E-state index in [9.17, 15) is 14.3 Å². The number of aliphatic hydroxyl groups excluding tert-OH is 1. The van der Waals surface area contributed by atoms with E-state index in [1.165, 1.54) is 30.6 Å². The number of thiazole rings is 1. The Labute approximate surface area is 199 Å². The molecule has 0 aliphatic carbocycles. The third-order valence-electron chi connectivity index (χ3n) is 6.62. The Kier molecular flexibility index (Phi) is 6.22. The summed E-state index contributed by atoms with van der Waals surface area (Å²) < 4.78 is 18.9. The first-order valence-electron chi connectivity index (χ1n) is 10.9. The summed E-state index contributed by atoms with van der Waals surface area (Å²) in [6, 6.07) is 3.82. The molecule has 10 heteroatoms. The second-order valence-electron chi connectivity index (χ2n) is 8.57. The van der Waals surface area contributed by atoms with Crippen molar-refractivity contribution in [2.75, 3.05) is 13.7 Å². The van der Waals surface area contributed by atoms with Gasteiger partial charge < -0.3 is 15.2 Å². The molecule has 3 aliphatic heterocycles. The fourth-order valence-electron chi connectivity index (χ4n) is 5.15. The number of carbonyl (C=O) groups is 1. The van der Waals surface area contributed by atoms with Crippen molar-refractivity contribution >= 4 is 34.7 Å². The number of ether oxygens (including phenoxy) is 1. The number of methoxy groups -OCH3 is 1. The predicted molar refractivity (Wildman–Crippen MR) is 124 cm³/mol. The summed E-state index contributed by atoms with van der Waals surface area (Å²) in [7, 11) is 1.33. The highest BCUT2D eigenvalue weighted by molar-refractivity contribution is 7.11. The zero-order chi connectivity index (χ0) is 23.1. The Morgan fingerprint density at radius 3 is 2.76 bits per heavy atom. The second kappa shape index (κ2) is 9.13. The first-order chi connectivity index (χ1) is 15.9. The maximum Gasteiger partial charge on any atom is 0.338 e. The second-order valence-corrected chi connectivity index (χ2v) is 9.88. The SMILES string of the molecule is COC(=O)C1=C(CN2[C@@H]3CC[C@H]2CC(O)C3)NC(c2nccs2)=N[C@H]1c1ccc(F)cc1Cl. The van der Waals surface area contributed by atoms with Gasteiger partial charge in [0.2, 0.25) is 0 Å². The molecular formula is C23H24ClFN4O3S. The number of aliphatic imine (C=N–C) groups is 1. The van der Waals surface area contributed by atoms with Gasteiger partial charge in [0, 0.05) is 46.5 Å². The smallest absolute Gasteiger partial charge is 0.338 e. The summed E-state index contributed by atoms with van der Waals surface area (Å²) in [6.45, 7) is 0.478. The predicted octanol–water partition coefficient (Wildman–Crippen LogP) is 3.44. The molecular weight excluding hydrogens is 467 g/mol. The number of aromatic nitrogens is 1. The molecule has 2 fully saturated rings. The largest absolute Gasteiger partial charge is 0.466 e. The highest BCUT2D eigenvalue weighted by atomic mass is 35.5. The fourth-order valence-corrected chi connectivity index (χ4v) is 6.01. The van der Waals surface area contributed by atoms with Gasteiger partial charge in [0.1, 0.15) is 11.9 Å². The summed E-state index contributed by atoms with van der Waals surface area (Å²) in [4.78, 5) is 24.5. The van der Waals surface area contributed by atoms with E-state index in [0.717, 1.165) is 25.7 Å². The Morgan fingerprint density at radius 2 is 2.12 bits per heavy atom. The third-order valence-corrected chi connectivity index (χ3v) is 7.73. The number of nitrogens with zero attached hydrogens (tertiary/aromatic N) is 3. The monoisotopic (exact) mass is 490 g/mol. The van der Waals surface area contributed by atoms with Crippen LogP contribution in [0, 0.1) is 5.82 Å². The van der Waals surface area contributed by atoms with Gasteiger partial charge >= 0.3 is 5.97 Å². The van der Waals surface area contributed by atoms with Crippen LogP contribution in [0.4, 0.5) is 4.39 Å². The zero-order valence-corrected chi connectivity index (χ0v) is 19.6. The quantitative estimate of drug-likeness (QED) is 0.624. The van der Waals surface area contributed by atoms with Gasteiger partial charge in [-0.2, -0.15) is 0 Å². The average Bonchev–Trinajstić information content (AvgIpc) is 3.40. The number of amidine groups is 1. The summed E-state index contributed by atoms with van der Waals surface area (Å²) in [6.07, 6.45) is 4.88. The highest BCUT2D eigenvalue weighted by Crippen LogP contribution is 2.40. The zero-order valence-electron chi connectivity index (χ0n) is 18.0. The molecule has 4 atom stereocenters. The van der Waals surface area contributed by atoms with E-state index >= 15 is 0 Å². The fraction of sp³-hybridized carbons (Fsp3) is 0.435. The van der Waals surface area contributed by atoms with Crippen LogP contribution in [0.25, 0.3) is 0 Å². The first-order valence-corrected chi connectivity index (χ1v) is 12.1. The molecule has 0 saturated carbocycles. The lowest BCUT2D eigenvalue weighted by Crippen LogP contribution is -2.48. The number of hydrogen-bond donors (Lipinski definition) is 2. The third kappa shape index (κ3) is 4.30. The number of nitrogens with one attached hydrogen (secondary N) is 1. The Morgan fingerprint density at radius 1 is 1.36 bits per heavy atom. The molecule has 174 valence electrons.